The summed E-state index contributed by atoms with van der Waals surface area (Å²) in [5, 5.41) is 2.75. The summed E-state index contributed by atoms with van der Waals surface area (Å²) in [5.74, 6) is -1.11. The predicted octanol–water partition coefficient (Wildman–Crippen LogP) is 4.30. The zero-order valence-electron chi connectivity index (χ0n) is 13.4. The van der Waals surface area contributed by atoms with Crippen molar-refractivity contribution in [3.8, 4) is 0 Å². The first-order chi connectivity index (χ1) is 11.3. The molecule has 1 N–H and O–H groups in total. The number of anilines is 1. The van der Waals surface area contributed by atoms with Gasteiger partial charge in [-0.15, -0.1) is 0 Å². The van der Waals surface area contributed by atoms with Crippen molar-refractivity contribution in [2.24, 2.45) is 0 Å². The number of esters is 1. The quantitative estimate of drug-likeness (QED) is 0.602. The number of halogens is 2. The molecule has 5 nitrogen and oxygen atoms in total. The fourth-order valence-corrected chi connectivity index (χ4v) is 2.71. The maximum atomic E-state index is 12.3. The second-order valence-electron chi connectivity index (χ2n) is 5.29. The molecule has 0 aliphatic heterocycles. The maximum Gasteiger partial charge on any atom is 0.342 e. The number of hydrogen-bond donors (Lipinski definition) is 1. The highest BCUT2D eigenvalue weighted by Crippen LogP contribution is 2.20. The number of nitrogens with zero attached hydrogens (tertiary/aromatic N) is 1. The lowest BCUT2D eigenvalue weighted by Gasteiger charge is -2.15. The lowest BCUT2D eigenvalue weighted by molar-refractivity contribution is -0.123. The number of carbonyl (C=O) groups excluding carboxylic acids is 2. The maximum absolute atomic E-state index is 12.3. The molecule has 1 heterocycles. The Balaban J connectivity index is 2.06. The molecule has 0 radical (unpaired) electrons. The van der Waals surface area contributed by atoms with Crippen molar-refractivity contribution in [2.75, 3.05) is 5.32 Å². The first-order valence-corrected chi connectivity index (χ1v) is 8.36. The van der Waals surface area contributed by atoms with Crippen LogP contribution in [0.25, 0.3) is 0 Å². The topological polar surface area (TPSA) is 68.3 Å². The van der Waals surface area contributed by atoms with Gasteiger partial charge in [0.15, 0.2) is 6.10 Å². The van der Waals surface area contributed by atoms with E-state index in [2.05, 4.69) is 26.2 Å². The molecular formula is C17H16BrClN2O3. The summed E-state index contributed by atoms with van der Waals surface area (Å²) in [6.07, 6.45) is -0.974. The van der Waals surface area contributed by atoms with Crippen LogP contribution < -0.4 is 5.32 Å². The second kappa shape index (κ2) is 7.77. The minimum atomic E-state index is -0.974. The number of benzene rings is 1. The summed E-state index contributed by atoms with van der Waals surface area (Å²) in [6.45, 7) is 5.02. The Labute approximate surface area is 153 Å². The largest absolute Gasteiger partial charge is 0.449 e. The van der Waals surface area contributed by atoms with Gasteiger partial charge in [0.2, 0.25) is 0 Å². The number of nitrogens with one attached hydrogen (secondary N) is 1. The van der Waals surface area contributed by atoms with Crippen LogP contribution in [-0.4, -0.2) is 23.0 Å². The fourth-order valence-electron chi connectivity index (χ4n) is 2.09. The molecule has 0 saturated heterocycles. The van der Waals surface area contributed by atoms with E-state index in [-0.39, 0.29) is 10.7 Å². The molecule has 126 valence electrons. The molecule has 1 aromatic heterocycles. The fraction of sp³-hybridized carbons (Fsp3) is 0.235. The van der Waals surface area contributed by atoms with E-state index < -0.39 is 18.0 Å². The van der Waals surface area contributed by atoms with E-state index in [0.29, 0.717) is 16.9 Å². The van der Waals surface area contributed by atoms with Gasteiger partial charge >= 0.3 is 5.97 Å². The van der Waals surface area contributed by atoms with Gasteiger partial charge in [0.05, 0.1) is 5.56 Å². The first kappa shape index (κ1) is 18.4. The van der Waals surface area contributed by atoms with Crippen LogP contribution in [0.15, 0.2) is 34.8 Å². The summed E-state index contributed by atoms with van der Waals surface area (Å²) in [7, 11) is 0. The van der Waals surface area contributed by atoms with Crippen LogP contribution in [0, 0.1) is 13.8 Å². The molecule has 0 spiro atoms. The van der Waals surface area contributed by atoms with Gasteiger partial charge in [0.25, 0.3) is 5.91 Å². The lowest BCUT2D eigenvalue weighted by atomic mass is 10.1. The second-order valence-corrected chi connectivity index (χ2v) is 6.56. The smallest absolute Gasteiger partial charge is 0.342 e. The highest BCUT2D eigenvalue weighted by Gasteiger charge is 2.23. The molecule has 1 atom stereocenters. The molecule has 0 bridgehead atoms. The van der Waals surface area contributed by atoms with Gasteiger partial charge in [0.1, 0.15) is 5.15 Å². The van der Waals surface area contributed by atoms with Crippen LogP contribution in [0.4, 0.5) is 5.69 Å². The highest BCUT2D eigenvalue weighted by atomic mass is 79.9. The molecule has 24 heavy (non-hydrogen) atoms. The molecule has 1 amide bonds. The predicted molar refractivity (Wildman–Crippen MR) is 96.4 cm³/mol. The average molecular weight is 412 g/mol. The van der Waals surface area contributed by atoms with Crippen LogP contribution in [0.3, 0.4) is 0 Å². The van der Waals surface area contributed by atoms with Gasteiger partial charge in [-0.25, -0.2) is 9.78 Å². The first-order valence-electron chi connectivity index (χ1n) is 7.19. The van der Waals surface area contributed by atoms with Crippen LogP contribution in [0.1, 0.15) is 28.5 Å². The molecule has 2 aromatic rings. The van der Waals surface area contributed by atoms with Crippen molar-refractivity contribution in [1.29, 1.82) is 0 Å². The minimum absolute atomic E-state index is 0.0676. The number of carbonyl (C=O) groups is 2. The van der Waals surface area contributed by atoms with Gasteiger partial charge in [0, 0.05) is 15.9 Å². The van der Waals surface area contributed by atoms with Gasteiger partial charge < -0.3 is 10.1 Å². The zero-order chi connectivity index (χ0) is 17.9. The van der Waals surface area contributed by atoms with Crippen molar-refractivity contribution in [3.63, 3.8) is 0 Å². The minimum Gasteiger partial charge on any atom is -0.449 e. The molecule has 0 aliphatic rings. The summed E-state index contributed by atoms with van der Waals surface area (Å²) < 4.78 is 6.11. The average Bonchev–Trinajstić information content (AvgIpc) is 2.48. The van der Waals surface area contributed by atoms with Gasteiger partial charge in [-0.3, -0.25) is 4.79 Å². The number of pyridine rings is 1. The Hall–Kier alpha value is -1.92. The Kier molecular flexibility index (Phi) is 5.96. The molecular weight excluding hydrogens is 396 g/mol. The van der Waals surface area contributed by atoms with Crippen LogP contribution in [-0.2, 0) is 9.53 Å². The Morgan fingerprint density at radius 2 is 1.88 bits per heavy atom. The number of aryl methyl sites for hydroxylation is 2. The van der Waals surface area contributed by atoms with Gasteiger partial charge in [-0.1, -0.05) is 27.5 Å². The van der Waals surface area contributed by atoms with Crippen molar-refractivity contribution < 1.29 is 14.3 Å². The van der Waals surface area contributed by atoms with E-state index >= 15 is 0 Å². The van der Waals surface area contributed by atoms with Crippen LogP contribution in [0.2, 0.25) is 5.15 Å². The number of rotatable bonds is 4. The molecule has 7 heteroatoms. The van der Waals surface area contributed by atoms with Gasteiger partial charge in [-0.2, -0.15) is 0 Å². The number of amides is 1. The molecule has 1 aromatic carbocycles. The molecule has 0 unspecified atom stereocenters. The SMILES string of the molecule is Cc1cc(C)c(C(=O)O[C@@H](C)C(=O)Nc2ccc(Br)cc2)c(Cl)n1. The van der Waals surface area contributed by atoms with Crippen LogP contribution >= 0.6 is 27.5 Å². The van der Waals surface area contributed by atoms with E-state index in [1.54, 1.807) is 44.2 Å². The van der Waals surface area contributed by atoms with Gasteiger partial charge in [-0.05, 0) is 56.7 Å². The standard InChI is InChI=1S/C17H16BrClN2O3/c1-9-8-10(2)20-15(19)14(9)17(23)24-11(3)16(22)21-13-6-4-12(18)5-7-13/h4-8,11H,1-3H3,(H,21,22)/t11-/m0/s1. The normalized spacial score (nSPS) is 11.7. The van der Waals surface area contributed by atoms with Crippen molar-refractivity contribution in [3.05, 3.63) is 56.8 Å². The van der Waals surface area contributed by atoms with Crippen LogP contribution in [0.5, 0.6) is 0 Å². The monoisotopic (exact) mass is 410 g/mol. The summed E-state index contributed by atoms with van der Waals surface area (Å²) in [4.78, 5) is 28.5. The van der Waals surface area contributed by atoms with E-state index in [0.717, 1.165) is 4.47 Å². The van der Waals surface area contributed by atoms with Crippen molar-refractivity contribution >= 4 is 45.1 Å². The summed E-state index contributed by atoms with van der Waals surface area (Å²) >= 11 is 9.34. The zero-order valence-corrected chi connectivity index (χ0v) is 15.7. The van der Waals surface area contributed by atoms with E-state index in [1.165, 1.54) is 6.92 Å². The third kappa shape index (κ3) is 4.55. The summed E-state index contributed by atoms with van der Waals surface area (Å²) in [6, 6.07) is 8.80. The Morgan fingerprint density at radius 3 is 2.46 bits per heavy atom. The number of aromatic nitrogens is 1. The van der Waals surface area contributed by atoms with E-state index in [9.17, 15) is 9.59 Å². The number of ether oxygens (including phenoxy) is 1. The highest BCUT2D eigenvalue weighted by molar-refractivity contribution is 9.10. The lowest BCUT2D eigenvalue weighted by Crippen LogP contribution is -2.30. The third-order valence-corrected chi connectivity index (χ3v) is 4.07. The molecule has 2 rings (SSSR count). The van der Waals surface area contributed by atoms with E-state index in [4.69, 9.17) is 16.3 Å². The summed E-state index contributed by atoms with van der Waals surface area (Å²) in [5.41, 5.74) is 2.14. The van der Waals surface area contributed by atoms with E-state index in [1.807, 2.05) is 0 Å². The van der Waals surface area contributed by atoms with Crippen molar-refractivity contribution in [2.45, 2.75) is 26.9 Å². The molecule has 0 fully saturated rings. The third-order valence-electron chi connectivity index (χ3n) is 3.27. The number of hydrogen-bond acceptors (Lipinski definition) is 4. The molecule has 0 saturated carbocycles. The Morgan fingerprint density at radius 1 is 1.25 bits per heavy atom. The van der Waals surface area contributed by atoms with Crippen molar-refractivity contribution in [1.82, 2.24) is 4.98 Å². The Bertz CT molecular complexity index is 755. The molecule has 0 aliphatic carbocycles.